The van der Waals surface area contributed by atoms with Crippen LogP contribution >= 0.6 is 22.3 Å². The van der Waals surface area contributed by atoms with Gasteiger partial charge in [0, 0.05) is 17.5 Å². The van der Waals surface area contributed by atoms with Crippen LogP contribution in [0.15, 0.2) is 54.6 Å². The molecule has 0 bridgehead atoms. The van der Waals surface area contributed by atoms with E-state index in [1.807, 2.05) is 59.0 Å². The molecule has 0 radical (unpaired) electrons. The van der Waals surface area contributed by atoms with E-state index in [2.05, 4.69) is 5.37 Å². The van der Waals surface area contributed by atoms with Crippen LogP contribution in [-0.4, -0.2) is 40.7 Å². The summed E-state index contributed by atoms with van der Waals surface area (Å²) in [6.45, 7) is 2.60. The Morgan fingerprint density at radius 1 is 1.21 bits per heavy atom. The van der Waals surface area contributed by atoms with Crippen molar-refractivity contribution in [3.05, 3.63) is 65.2 Å². The fourth-order valence-electron chi connectivity index (χ4n) is 3.03. The smallest absolute Gasteiger partial charge is 0.334 e. The van der Waals surface area contributed by atoms with Crippen LogP contribution in [0, 0.1) is 0 Å². The summed E-state index contributed by atoms with van der Waals surface area (Å²) >= 11 is 6.00. The predicted octanol–water partition coefficient (Wildman–Crippen LogP) is 3.79. The molecule has 2 N–H and O–H groups in total. The number of halogens is 1. The minimum atomic E-state index is -0.658. The average Bonchev–Trinajstić information content (AvgIpc) is 3.06. The molecular weight excluding hydrogens is 398 g/mol. The lowest BCUT2D eigenvalue weighted by Crippen LogP contribution is -2.47. The van der Waals surface area contributed by atoms with Gasteiger partial charge in [0.2, 0.25) is 0 Å². The Morgan fingerprint density at radius 2 is 1.89 bits per heavy atom. The maximum Gasteiger partial charge on any atom is 0.334 e. The van der Waals surface area contributed by atoms with E-state index in [0.29, 0.717) is 23.9 Å². The summed E-state index contributed by atoms with van der Waals surface area (Å²) in [6, 6.07) is 16.1. The van der Waals surface area contributed by atoms with Crippen molar-refractivity contribution in [1.82, 2.24) is 4.41 Å². The zero-order valence-corrected chi connectivity index (χ0v) is 17.0. The summed E-state index contributed by atoms with van der Waals surface area (Å²) in [7, 11) is -0.658. The van der Waals surface area contributed by atoms with Gasteiger partial charge in [-0.3, -0.25) is 4.79 Å². The van der Waals surface area contributed by atoms with Gasteiger partial charge in [-0.1, -0.05) is 52.6 Å². The number of esters is 1. The Kier molecular flexibility index (Phi) is 6.72. The number of nitrogens with zero attached hydrogens (tertiary/aromatic N) is 2. The summed E-state index contributed by atoms with van der Waals surface area (Å²) in [6.07, 6.45) is 0. The number of primary amides is 1. The Hall–Kier alpha value is -2.35. The van der Waals surface area contributed by atoms with Gasteiger partial charge in [-0.2, -0.15) is 4.41 Å². The van der Waals surface area contributed by atoms with Gasteiger partial charge < -0.3 is 10.5 Å². The summed E-state index contributed by atoms with van der Waals surface area (Å²) in [5, 5.41) is 4.18. The molecule has 8 heteroatoms. The molecule has 2 aromatic rings. The second-order valence-corrected chi connectivity index (χ2v) is 8.39. The first-order chi connectivity index (χ1) is 13.5. The second kappa shape index (κ2) is 9.23. The number of hydrogen-bond acceptors (Lipinski definition) is 4. The maximum atomic E-state index is 12.3. The number of anilines is 1. The Bertz CT molecular complexity index is 874. The lowest BCUT2D eigenvalue weighted by Gasteiger charge is -2.32. The number of carbonyl (C=O) groups is 2. The van der Waals surface area contributed by atoms with Crippen molar-refractivity contribution < 1.29 is 14.3 Å². The standard InChI is InChI=1S/C20H22ClN3O3S/c1-2-27-19(25)14-28-13-16(15-8-10-17(21)11-9-15)12-23(28)24(20(22)26)18-6-4-3-5-7-18/h3-11,13,16H,2,12,14H2,1H3,(H2,22,26). The third kappa shape index (κ3) is 4.73. The van der Waals surface area contributed by atoms with Crippen LogP contribution < -0.4 is 10.7 Å². The molecule has 2 unspecified atom stereocenters. The Balaban J connectivity index is 1.94. The largest absolute Gasteiger partial charge is 0.465 e. The number of rotatable bonds is 6. The van der Waals surface area contributed by atoms with Gasteiger partial charge in [0.1, 0.15) is 5.75 Å². The third-order valence-electron chi connectivity index (χ3n) is 4.25. The monoisotopic (exact) mass is 419 g/mol. The first kappa shape index (κ1) is 20.4. The summed E-state index contributed by atoms with van der Waals surface area (Å²) in [5.74, 6) is -0.115. The van der Waals surface area contributed by atoms with E-state index < -0.39 is 16.7 Å². The molecule has 1 aliphatic rings. The van der Waals surface area contributed by atoms with Crippen molar-refractivity contribution in [2.45, 2.75) is 12.8 Å². The number of benzene rings is 2. The molecule has 1 aliphatic heterocycles. The number of carbonyl (C=O) groups excluding carboxylic acids is 2. The van der Waals surface area contributed by atoms with Gasteiger partial charge in [0.25, 0.3) is 0 Å². The average molecular weight is 420 g/mol. The van der Waals surface area contributed by atoms with Crippen LogP contribution in [0.4, 0.5) is 10.5 Å². The van der Waals surface area contributed by atoms with Crippen molar-refractivity contribution in [2.24, 2.45) is 5.73 Å². The minimum Gasteiger partial charge on any atom is -0.465 e. The Morgan fingerprint density at radius 3 is 2.50 bits per heavy atom. The molecule has 28 heavy (non-hydrogen) atoms. The van der Waals surface area contributed by atoms with Crippen LogP contribution in [-0.2, 0) is 9.53 Å². The highest BCUT2D eigenvalue weighted by atomic mass is 35.5. The molecule has 1 heterocycles. The zero-order chi connectivity index (χ0) is 20.1. The van der Waals surface area contributed by atoms with Gasteiger partial charge in [-0.05, 0) is 42.1 Å². The number of hydrogen-bond donors (Lipinski definition) is 1. The number of nitrogens with two attached hydrogens (primary N) is 1. The zero-order valence-electron chi connectivity index (χ0n) is 15.5. The second-order valence-electron chi connectivity index (χ2n) is 6.16. The van der Waals surface area contributed by atoms with Crippen LogP contribution in [0.2, 0.25) is 5.02 Å². The molecule has 0 saturated carbocycles. The highest BCUT2D eigenvalue weighted by molar-refractivity contribution is 8.13. The lowest BCUT2D eigenvalue weighted by molar-refractivity contribution is -0.139. The van der Waals surface area contributed by atoms with Gasteiger partial charge in [-0.25, -0.2) is 9.80 Å². The minimum absolute atomic E-state index is 0.0283. The molecule has 2 aromatic carbocycles. The fourth-order valence-corrected chi connectivity index (χ4v) is 5.22. The molecule has 0 aromatic heterocycles. The van der Waals surface area contributed by atoms with E-state index in [4.69, 9.17) is 22.1 Å². The first-order valence-electron chi connectivity index (χ1n) is 8.87. The third-order valence-corrected chi connectivity index (χ3v) is 6.53. The molecule has 0 saturated heterocycles. The first-order valence-corrected chi connectivity index (χ1v) is 10.7. The highest BCUT2D eigenvalue weighted by Crippen LogP contribution is 2.37. The lowest BCUT2D eigenvalue weighted by atomic mass is 10.0. The molecule has 2 atom stereocenters. The van der Waals surface area contributed by atoms with Crippen LogP contribution in [0.5, 0.6) is 0 Å². The van der Waals surface area contributed by atoms with E-state index in [0.717, 1.165) is 5.56 Å². The number of amides is 2. The summed E-state index contributed by atoms with van der Waals surface area (Å²) in [5.41, 5.74) is 7.42. The van der Waals surface area contributed by atoms with Crippen LogP contribution in [0.25, 0.3) is 0 Å². The molecule has 2 amide bonds. The molecule has 0 fully saturated rings. The number of urea groups is 1. The van der Waals surface area contributed by atoms with E-state index in [-0.39, 0.29) is 17.6 Å². The van der Waals surface area contributed by atoms with Crippen molar-refractivity contribution in [3.63, 3.8) is 0 Å². The summed E-state index contributed by atoms with van der Waals surface area (Å²) in [4.78, 5) is 24.4. The quantitative estimate of drug-likeness (QED) is 0.571. The van der Waals surface area contributed by atoms with Crippen molar-refractivity contribution in [3.8, 4) is 0 Å². The number of hydrazine groups is 1. The number of ether oxygens (including phenoxy) is 1. The summed E-state index contributed by atoms with van der Waals surface area (Å²) < 4.78 is 6.98. The molecule has 0 aliphatic carbocycles. The molecule has 6 nitrogen and oxygen atoms in total. The van der Waals surface area contributed by atoms with Gasteiger partial charge in [-0.15, -0.1) is 0 Å². The molecular formula is C20H22ClN3O3S. The van der Waals surface area contributed by atoms with Crippen LogP contribution in [0.1, 0.15) is 18.4 Å². The van der Waals surface area contributed by atoms with E-state index in [1.54, 1.807) is 6.92 Å². The number of para-hydroxylation sites is 1. The predicted molar refractivity (Wildman–Crippen MR) is 115 cm³/mol. The van der Waals surface area contributed by atoms with Crippen molar-refractivity contribution >= 4 is 45.3 Å². The fraction of sp³-hybridized carbons (Fsp3) is 0.250. The topological polar surface area (TPSA) is 75.9 Å². The van der Waals surface area contributed by atoms with Crippen LogP contribution in [0.3, 0.4) is 0 Å². The van der Waals surface area contributed by atoms with Gasteiger partial charge in [0.05, 0.1) is 12.3 Å². The molecule has 0 spiro atoms. The van der Waals surface area contributed by atoms with Gasteiger partial charge >= 0.3 is 12.0 Å². The Labute approximate surface area is 171 Å². The van der Waals surface area contributed by atoms with Crippen molar-refractivity contribution in [1.29, 1.82) is 0 Å². The normalized spacial score (nSPS) is 19.1. The van der Waals surface area contributed by atoms with E-state index in [9.17, 15) is 9.59 Å². The van der Waals surface area contributed by atoms with E-state index >= 15 is 0 Å². The molecule has 148 valence electrons. The van der Waals surface area contributed by atoms with E-state index in [1.165, 1.54) is 5.01 Å². The highest BCUT2D eigenvalue weighted by Gasteiger charge is 2.33. The van der Waals surface area contributed by atoms with Crippen molar-refractivity contribution in [2.75, 3.05) is 23.9 Å². The molecule has 3 rings (SSSR count). The maximum absolute atomic E-state index is 12.3. The SMILES string of the molecule is CCOC(=O)CS1=CC(c2ccc(Cl)cc2)CN1N(C(N)=O)c1ccccc1. The van der Waals surface area contributed by atoms with Gasteiger partial charge in [0.15, 0.2) is 0 Å².